The maximum absolute atomic E-state index is 11.9. The second-order valence-electron chi connectivity index (χ2n) is 2.13. The molecule has 0 radical (unpaired) electrons. The zero-order valence-electron chi connectivity index (χ0n) is 6.35. The number of hydrogen-bond acceptors (Lipinski definition) is 1. The summed E-state index contributed by atoms with van der Waals surface area (Å²) in [7, 11) is 0. The fourth-order valence-electron chi connectivity index (χ4n) is 0.504. The average Bonchev–Trinajstić information content (AvgIpc) is 1.95. The van der Waals surface area contributed by atoms with Crippen LogP contribution in [0, 0.1) is 0 Å². The molecule has 0 heterocycles. The van der Waals surface area contributed by atoms with Gasteiger partial charge in [0.1, 0.15) is 0 Å². The highest BCUT2D eigenvalue weighted by molar-refractivity contribution is 6.24. The van der Waals surface area contributed by atoms with Crippen molar-refractivity contribution in [3.8, 4) is 0 Å². The van der Waals surface area contributed by atoms with E-state index in [1.807, 2.05) is 0 Å². The van der Waals surface area contributed by atoms with Crippen LogP contribution in [0.3, 0.4) is 0 Å². The first-order valence-electron chi connectivity index (χ1n) is 3.08. The van der Waals surface area contributed by atoms with E-state index in [9.17, 15) is 26.3 Å². The van der Waals surface area contributed by atoms with Crippen LogP contribution >= 0.6 is 23.2 Å². The minimum Gasteiger partial charge on any atom is -0.343 e. The number of hydrogen-bond donors (Lipinski definition) is 0. The van der Waals surface area contributed by atoms with Gasteiger partial charge in [-0.25, -0.2) is 0 Å². The Labute approximate surface area is 84.9 Å². The summed E-state index contributed by atoms with van der Waals surface area (Å²) in [4.78, 5) is 0. The van der Waals surface area contributed by atoms with E-state index in [2.05, 4.69) is 16.3 Å². The van der Waals surface area contributed by atoms with Gasteiger partial charge in [-0.05, 0) is 0 Å². The summed E-state index contributed by atoms with van der Waals surface area (Å²) in [5.41, 5.74) is 0. The lowest BCUT2D eigenvalue weighted by atomic mass is 10.3. The second kappa shape index (κ2) is 4.32. The normalized spacial score (nSPS) is 14.6. The summed E-state index contributed by atoms with van der Waals surface area (Å²) in [5, 5.41) is -4.69. The first-order valence-corrected chi connectivity index (χ1v) is 4.00. The number of halogens is 8. The summed E-state index contributed by atoms with van der Waals surface area (Å²) in [5.74, 6) is -0.527. The van der Waals surface area contributed by atoms with Crippen LogP contribution in [0.15, 0.2) is 0 Å². The third kappa shape index (κ3) is 2.80. The van der Waals surface area contributed by atoms with Gasteiger partial charge in [0.15, 0.2) is 0 Å². The smallest absolute Gasteiger partial charge is 0.343 e. The molecule has 86 valence electrons. The molecule has 0 saturated carbocycles. The quantitative estimate of drug-likeness (QED) is 0.562. The van der Waals surface area contributed by atoms with Crippen molar-refractivity contribution in [2.24, 2.45) is 0 Å². The summed E-state index contributed by atoms with van der Waals surface area (Å²) in [6, 6.07) is 0. The van der Waals surface area contributed by atoms with Crippen LogP contribution in [0.2, 0.25) is 0 Å². The Morgan fingerprint density at radius 2 is 1.29 bits per heavy atom. The van der Waals surface area contributed by atoms with Crippen LogP contribution in [0.25, 0.3) is 0 Å². The molecule has 0 unspecified atom stereocenters. The van der Waals surface area contributed by atoms with Crippen LogP contribution in [-0.2, 0) is 4.74 Å². The first-order chi connectivity index (χ1) is 6.06. The van der Waals surface area contributed by atoms with Crippen molar-refractivity contribution in [3.63, 3.8) is 0 Å². The van der Waals surface area contributed by atoms with Gasteiger partial charge in [-0.3, -0.25) is 0 Å². The molecule has 0 aliphatic heterocycles. The highest BCUT2D eigenvalue weighted by Crippen LogP contribution is 2.48. The van der Waals surface area contributed by atoms with Gasteiger partial charge in [0.05, 0.1) is 6.61 Å². The first kappa shape index (κ1) is 14.1. The molecule has 1 nitrogen and oxygen atoms in total. The van der Waals surface area contributed by atoms with E-state index >= 15 is 0 Å². The van der Waals surface area contributed by atoms with Gasteiger partial charge in [0.25, 0.3) is 0 Å². The van der Waals surface area contributed by atoms with Crippen LogP contribution in [0.1, 0.15) is 0 Å². The molecule has 0 aliphatic rings. The molecular formula is C5H4Cl2F6O. The van der Waals surface area contributed by atoms with Crippen LogP contribution < -0.4 is 0 Å². The zero-order valence-corrected chi connectivity index (χ0v) is 7.86. The Kier molecular flexibility index (Phi) is 4.36. The van der Waals surface area contributed by atoms with Crippen molar-refractivity contribution >= 4 is 23.2 Å². The summed E-state index contributed by atoms with van der Waals surface area (Å²) >= 11 is 9.23. The molecule has 9 heteroatoms. The molecule has 0 fully saturated rings. The average molecular weight is 265 g/mol. The standard InChI is InChI=1S/C5H4Cl2F6O/c6-1-2-14-3(7,4(8,9)10)5(11,12)13/h1-2H2. The molecule has 14 heavy (non-hydrogen) atoms. The summed E-state index contributed by atoms with van der Waals surface area (Å²) in [6.45, 7) is -0.954. The van der Waals surface area contributed by atoms with Gasteiger partial charge in [-0.1, -0.05) is 11.6 Å². The lowest BCUT2D eigenvalue weighted by molar-refractivity contribution is -0.343. The van der Waals surface area contributed by atoms with Gasteiger partial charge in [-0.2, -0.15) is 26.3 Å². The Balaban J connectivity index is 4.87. The maximum Gasteiger partial charge on any atom is 0.441 e. The Hall–Kier alpha value is 0.120. The van der Waals surface area contributed by atoms with Gasteiger partial charge in [0.2, 0.25) is 0 Å². The van der Waals surface area contributed by atoms with Crippen molar-refractivity contribution in [2.45, 2.75) is 17.4 Å². The van der Waals surface area contributed by atoms with Gasteiger partial charge in [0, 0.05) is 5.88 Å². The molecule has 0 saturated heterocycles. The Morgan fingerprint density at radius 3 is 1.50 bits per heavy atom. The molecule has 0 rings (SSSR count). The Morgan fingerprint density at radius 1 is 0.929 bits per heavy atom. The van der Waals surface area contributed by atoms with Crippen LogP contribution in [0.4, 0.5) is 26.3 Å². The molecule has 0 aromatic carbocycles. The summed E-state index contributed by atoms with van der Waals surface area (Å²) in [6.07, 6.45) is -11.5. The van der Waals surface area contributed by atoms with E-state index in [1.54, 1.807) is 0 Å². The van der Waals surface area contributed by atoms with Crippen molar-refractivity contribution in [1.82, 2.24) is 0 Å². The highest BCUT2D eigenvalue weighted by Gasteiger charge is 2.72. The van der Waals surface area contributed by atoms with Gasteiger partial charge in [-0.15, -0.1) is 11.6 Å². The van der Waals surface area contributed by atoms with E-state index in [-0.39, 0.29) is 0 Å². The van der Waals surface area contributed by atoms with E-state index in [0.717, 1.165) is 0 Å². The number of ether oxygens (including phenoxy) is 1. The molecule has 0 spiro atoms. The molecule has 0 aliphatic carbocycles. The largest absolute Gasteiger partial charge is 0.441 e. The van der Waals surface area contributed by atoms with Crippen LogP contribution in [0.5, 0.6) is 0 Å². The topological polar surface area (TPSA) is 9.23 Å². The van der Waals surface area contributed by atoms with E-state index in [1.165, 1.54) is 0 Å². The molecule has 0 aromatic rings. The SMILES string of the molecule is FC(F)(F)C(Cl)(OCCCl)C(F)(F)F. The maximum atomic E-state index is 11.9. The van der Waals surface area contributed by atoms with E-state index < -0.39 is 29.9 Å². The van der Waals surface area contributed by atoms with E-state index in [4.69, 9.17) is 11.6 Å². The molecule has 0 atom stereocenters. The van der Waals surface area contributed by atoms with Crippen molar-refractivity contribution in [1.29, 1.82) is 0 Å². The van der Waals surface area contributed by atoms with Gasteiger partial charge < -0.3 is 4.74 Å². The van der Waals surface area contributed by atoms with Crippen LogP contribution in [-0.4, -0.2) is 29.9 Å². The third-order valence-electron chi connectivity index (χ3n) is 1.11. The molecule has 0 amide bonds. The lowest BCUT2D eigenvalue weighted by Gasteiger charge is -2.30. The van der Waals surface area contributed by atoms with Crippen molar-refractivity contribution in [3.05, 3.63) is 0 Å². The predicted octanol–water partition coefficient (Wildman–Crippen LogP) is 3.30. The van der Waals surface area contributed by atoms with Gasteiger partial charge >= 0.3 is 17.4 Å². The molecular weight excluding hydrogens is 261 g/mol. The molecule has 0 aromatic heterocycles. The second-order valence-corrected chi connectivity index (χ2v) is 3.04. The fourth-order valence-corrected chi connectivity index (χ4v) is 0.658. The fraction of sp³-hybridized carbons (Fsp3) is 1.00. The minimum absolute atomic E-state index is 0.527. The monoisotopic (exact) mass is 264 g/mol. The van der Waals surface area contributed by atoms with Crippen molar-refractivity contribution < 1.29 is 31.1 Å². The Bertz CT molecular complexity index is 174. The third-order valence-corrected chi connectivity index (χ3v) is 1.80. The lowest BCUT2D eigenvalue weighted by Crippen LogP contribution is -2.54. The zero-order chi connectivity index (χ0) is 11.6. The minimum atomic E-state index is -5.75. The van der Waals surface area contributed by atoms with Crippen molar-refractivity contribution in [2.75, 3.05) is 12.5 Å². The predicted molar refractivity (Wildman–Crippen MR) is 37.4 cm³/mol. The van der Waals surface area contributed by atoms with E-state index in [0.29, 0.717) is 0 Å². The molecule has 0 bridgehead atoms. The summed E-state index contributed by atoms with van der Waals surface area (Å²) < 4.78 is 74.9. The number of alkyl halides is 8. The number of rotatable bonds is 3. The molecule has 0 N–H and O–H groups in total. The highest BCUT2D eigenvalue weighted by atomic mass is 35.5.